The highest BCUT2D eigenvalue weighted by atomic mass is 16.1. The quantitative estimate of drug-likeness (QED) is 0.684. The number of carbonyl (C=O) groups excluding carboxylic acids is 1. The number of hydrogen-bond acceptors (Lipinski definition) is 5. The molecule has 3 aromatic rings. The standard InChI is InChI=1S/C21H26N6O/c1-16(17-7-3-2-4-8-17)15-22-21(28)12-11-19-24-23-18-9-10-20(25-27(18)19)26-13-5-6-14-26/h2-4,7-10,16H,5-6,11-15H2,1H3,(H,22,28). The Labute approximate surface area is 164 Å². The van der Waals surface area contributed by atoms with E-state index >= 15 is 0 Å². The summed E-state index contributed by atoms with van der Waals surface area (Å²) in [5, 5.41) is 16.1. The van der Waals surface area contributed by atoms with Crippen molar-refractivity contribution in [2.45, 2.75) is 38.5 Å². The molecule has 0 aliphatic carbocycles. The second kappa shape index (κ2) is 8.37. The number of hydrogen-bond donors (Lipinski definition) is 1. The van der Waals surface area contributed by atoms with Crippen molar-refractivity contribution >= 4 is 17.4 Å². The van der Waals surface area contributed by atoms with Crippen LogP contribution in [0.5, 0.6) is 0 Å². The van der Waals surface area contributed by atoms with Gasteiger partial charge in [-0.05, 0) is 36.5 Å². The highest BCUT2D eigenvalue weighted by Crippen LogP contribution is 2.18. The number of nitrogens with one attached hydrogen (secondary N) is 1. The Bertz CT molecular complexity index is 932. The second-order valence-corrected chi connectivity index (χ2v) is 7.39. The Hall–Kier alpha value is -2.96. The largest absolute Gasteiger partial charge is 0.355 e. The van der Waals surface area contributed by atoms with Gasteiger partial charge in [0.15, 0.2) is 11.5 Å². The molecule has 7 heteroatoms. The van der Waals surface area contributed by atoms with Crippen LogP contribution in [0.3, 0.4) is 0 Å². The lowest BCUT2D eigenvalue weighted by atomic mass is 10.0. The summed E-state index contributed by atoms with van der Waals surface area (Å²) in [5.74, 6) is 1.98. The predicted molar refractivity (Wildman–Crippen MR) is 108 cm³/mol. The third kappa shape index (κ3) is 4.13. The van der Waals surface area contributed by atoms with E-state index in [2.05, 4.69) is 39.5 Å². The fourth-order valence-electron chi connectivity index (χ4n) is 3.57. The molecule has 0 spiro atoms. The SMILES string of the molecule is CC(CNC(=O)CCc1nnc2ccc(N3CCCC3)nn12)c1ccccc1. The van der Waals surface area contributed by atoms with Crippen LogP contribution in [0.4, 0.5) is 5.82 Å². The van der Waals surface area contributed by atoms with E-state index in [0.29, 0.717) is 19.4 Å². The third-order valence-electron chi connectivity index (χ3n) is 5.29. The number of rotatable bonds is 7. The minimum absolute atomic E-state index is 0.0234. The summed E-state index contributed by atoms with van der Waals surface area (Å²) in [6, 6.07) is 14.2. The van der Waals surface area contributed by atoms with E-state index in [1.807, 2.05) is 30.3 Å². The molecular formula is C21H26N6O. The van der Waals surface area contributed by atoms with Gasteiger partial charge in [-0.1, -0.05) is 37.3 Å². The van der Waals surface area contributed by atoms with Gasteiger partial charge in [-0.2, -0.15) is 4.52 Å². The summed E-state index contributed by atoms with van der Waals surface area (Å²) in [6.07, 6.45) is 3.30. The lowest BCUT2D eigenvalue weighted by Gasteiger charge is -2.15. The van der Waals surface area contributed by atoms with Crippen LogP contribution < -0.4 is 10.2 Å². The number of aryl methyl sites for hydroxylation is 1. The first-order chi connectivity index (χ1) is 13.7. The number of aromatic nitrogens is 4. The topological polar surface area (TPSA) is 75.4 Å². The highest BCUT2D eigenvalue weighted by Gasteiger charge is 2.16. The molecule has 1 N–H and O–H groups in total. The normalized spacial score (nSPS) is 15.1. The molecule has 28 heavy (non-hydrogen) atoms. The minimum Gasteiger partial charge on any atom is -0.355 e. The zero-order valence-electron chi connectivity index (χ0n) is 16.2. The van der Waals surface area contributed by atoms with Gasteiger partial charge < -0.3 is 10.2 Å². The second-order valence-electron chi connectivity index (χ2n) is 7.39. The monoisotopic (exact) mass is 378 g/mol. The van der Waals surface area contributed by atoms with Crippen LogP contribution >= 0.6 is 0 Å². The van der Waals surface area contributed by atoms with Crippen LogP contribution in [-0.2, 0) is 11.2 Å². The van der Waals surface area contributed by atoms with Crippen molar-refractivity contribution < 1.29 is 4.79 Å². The van der Waals surface area contributed by atoms with E-state index in [0.717, 1.165) is 30.4 Å². The van der Waals surface area contributed by atoms with Crippen LogP contribution in [-0.4, -0.2) is 45.4 Å². The van der Waals surface area contributed by atoms with Crippen LogP contribution in [0.2, 0.25) is 0 Å². The molecule has 0 saturated carbocycles. The van der Waals surface area contributed by atoms with Crippen LogP contribution in [0.15, 0.2) is 42.5 Å². The maximum absolute atomic E-state index is 12.3. The number of anilines is 1. The van der Waals surface area contributed by atoms with E-state index in [4.69, 9.17) is 5.10 Å². The first-order valence-corrected chi connectivity index (χ1v) is 9.98. The van der Waals surface area contributed by atoms with Crippen molar-refractivity contribution in [3.8, 4) is 0 Å². The average Bonchev–Trinajstić information content (AvgIpc) is 3.40. The number of benzene rings is 1. The molecule has 146 valence electrons. The molecule has 0 radical (unpaired) electrons. The molecule has 2 aromatic heterocycles. The molecule has 1 unspecified atom stereocenters. The van der Waals surface area contributed by atoms with Gasteiger partial charge in [-0.3, -0.25) is 4.79 Å². The number of carbonyl (C=O) groups is 1. The zero-order chi connectivity index (χ0) is 19.3. The molecule has 1 atom stereocenters. The summed E-state index contributed by atoms with van der Waals surface area (Å²) in [7, 11) is 0. The summed E-state index contributed by atoms with van der Waals surface area (Å²) >= 11 is 0. The van der Waals surface area contributed by atoms with E-state index in [-0.39, 0.29) is 11.8 Å². The molecule has 0 bridgehead atoms. The Balaban J connectivity index is 1.34. The van der Waals surface area contributed by atoms with Gasteiger partial charge in [0.2, 0.25) is 5.91 Å². The average molecular weight is 378 g/mol. The van der Waals surface area contributed by atoms with Crippen molar-refractivity contribution in [2.24, 2.45) is 0 Å². The first kappa shape index (κ1) is 18.4. The van der Waals surface area contributed by atoms with Gasteiger partial charge in [0.05, 0.1) is 0 Å². The smallest absolute Gasteiger partial charge is 0.220 e. The first-order valence-electron chi connectivity index (χ1n) is 9.98. The van der Waals surface area contributed by atoms with Gasteiger partial charge in [0.25, 0.3) is 0 Å². The summed E-state index contributed by atoms with van der Waals surface area (Å²) in [4.78, 5) is 14.6. The molecule has 1 fully saturated rings. The maximum Gasteiger partial charge on any atom is 0.220 e. The number of amides is 1. The highest BCUT2D eigenvalue weighted by molar-refractivity contribution is 5.76. The molecule has 4 rings (SSSR count). The third-order valence-corrected chi connectivity index (χ3v) is 5.29. The van der Waals surface area contributed by atoms with Gasteiger partial charge >= 0.3 is 0 Å². The molecule has 1 aliphatic rings. The van der Waals surface area contributed by atoms with Crippen LogP contribution in [0.1, 0.15) is 43.5 Å². The van der Waals surface area contributed by atoms with Gasteiger partial charge in [-0.15, -0.1) is 15.3 Å². The summed E-state index contributed by atoms with van der Waals surface area (Å²) < 4.78 is 1.77. The molecule has 1 saturated heterocycles. The fraction of sp³-hybridized carbons (Fsp3) is 0.429. The van der Waals surface area contributed by atoms with Crippen molar-refractivity contribution in [2.75, 3.05) is 24.5 Å². The van der Waals surface area contributed by atoms with Gasteiger partial charge in [0, 0.05) is 32.5 Å². The van der Waals surface area contributed by atoms with Crippen LogP contribution in [0, 0.1) is 0 Å². The molecule has 1 amide bonds. The lowest BCUT2D eigenvalue weighted by molar-refractivity contribution is -0.121. The number of fused-ring (bicyclic) bond motifs is 1. The molecule has 1 aliphatic heterocycles. The zero-order valence-corrected chi connectivity index (χ0v) is 16.2. The van der Waals surface area contributed by atoms with Gasteiger partial charge in [0.1, 0.15) is 5.82 Å². The lowest BCUT2D eigenvalue weighted by Crippen LogP contribution is -2.28. The summed E-state index contributed by atoms with van der Waals surface area (Å²) in [5.41, 5.74) is 1.95. The maximum atomic E-state index is 12.3. The fourth-order valence-corrected chi connectivity index (χ4v) is 3.57. The minimum atomic E-state index is 0.0234. The Morgan fingerprint density at radius 1 is 1.11 bits per heavy atom. The van der Waals surface area contributed by atoms with Crippen molar-refractivity contribution in [1.82, 2.24) is 25.1 Å². The van der Waals surface area contributed by atoms with E-state index in [1.165, 1.54) is 18.4 Å². The molecule has 3 heterocycles. The molecular weight excluding hydrogens is 352 g/mol. The van der Waals surface area contributed by atoms with Gasteiger partial charge in [-0.25, -0.2) is 0 Å². The Morgan fingerprint density at radius 2 is 1.89 bits per heavy atom. The summed E-state index contributed by atoms with van der Waals surface area (Å²) in [6.45, 7) is 4.82. The van der Waals surface area contributed by atoms with Crippen molar-refractivity contribution in [1.29, 1.82) is 0 Å². The van der Waals surface area contributed by atoms with Crippen LogP contribution in [0.25, 0.3) is 5.65 Å². The molecule has 1 aromatic carbocycles. The Morgan fingerprint density at radius 3 is 2.68 bits per heavy atom. The molecule has 7 nitrogen and oxygen atoms in total. The van der Waals surface area contributed by atoms with E-state index in [9.17, 15) is 4.79 Å². The number of nitrogens with zero attached hydrogens (tertiary/aromatic N) is 5. The van der Waals surface area contributed by atoms with Crippen molar-refractivity contribution in [3.05, 3.63) is 53.9 Å². The van der Waals surface area contributed by atoms with E-state index < -0.39 is 0 Å². The van der Waals surface area contributed by atoms with Crippen molar-refractivity contribution in [3.63, 3.8) is 0 Å². The van der Waals surface area contributed by atoms with E-state index in [1.54, 1.807) is 4.52 Å². The predicted octanol–water partition coefficient (Wildman–Crippen LogP) is 2.58. The Kier molecular flexibility index (Phi) is 5.50.